The van der Waals surface area contributed by atoms with Crippen molar-refractivity contribution in [2.24, 2.45) is 0 Å². The Balaban J connectivity index is 1.96. The lowest BCUT2D eigenvalue weighted by Gasteiger charge is -2.20. The Bertz CT molecular complexity index is 825. The summed E-state index contributed by atoms with van der Waals surface area (Å²) in [6, 6.07) is 11.8. The smallest absolute Gasteiger partial charge is 0.344 e. The van der Waals surface area contributed by atoms with E-state index in [1.54, 1.807) is 0 Å². The first-order valence-corrected chi connectivity index (χ1v) is 9.98. The third-order valence-electron chi connectivity index (χ3n) is 4.74. The first kappa shape index (κ1) is 22.5. The van der Waals surface area contributed by atoms with Crippen molar-refractivity contribution in [1.29, 1.82) is 0 Å². The fraction of sp³-hybridized carbons (Fsp3) is 0.417. The maximum Gasteiger partial charge on any atom is 0.344 e. The second kappa shape index (κ2) is 10.1. The predicted molar refractivity (Wildman–Crippen MR) is 116 cm³/mol. The molecule has 0 spiro atoms. The Morgan fingerprint density at radius 2 is 1.38 bits per heavy atom. The van der Waals surface area contributed by atoms with Crippen LogP contribution in [-0.2, 0) is 14.3 Å². The highest BCUT2D eigenvalue weighted by Gasteiger charge is 2.17. The van der Waals surface area contributed by atoms with E-state index in [-0.39, 0.29) is 31.0 Å². The zero-order chi connectivity index (χ0) is 21.6. The zero-order valence-corrected chi connectivity index (χ0v) is 18.2. The molecule has 1 N–H and O–H groups in total. The number of carbonyl (C=O) groups excluding carboxylic acids is 2. The Kier molecular flexibility index (Phi) is 7.82. The van der Waals surface area contributed by atoms with Gasteiger partial charge >= 0.3 is 5.97 Å². The van der Waals surface area contributed by atoms with E-state index in [1.165, 1.54) is 0 Å². The molecule has 5 nitrogen and oxygen atoms in total. The second-order valence-corrected chi connectivity index (χ2v) is 7.84. The van der Waals surface area contributed by atoms with Gasteiger partial charge in [-0.15, -0.1) is 0 Å². The summed E-state index contributed by atoms with van der Waals surface area (Å²) in [5, 5.41) is 2.93. The lowest BCUT2D eigenvalue weighted by molar-refractivity contribution is -0.149. The third kappa shape index (κ3) is 6.08. The van der Waals surface area contributed by atoms with Gasteiger partial charge in [0.05, 0.1) is 0 Å². The van der Waals surface area contributed by atoms with E-state index in [2.05, 4.69) is 33.0 Å². The van der Waals surface area contributed by atoms with Crippen molar-refractivity contribution in [2.45, 2.75) is 53.4 Å². The summed E-state index contributed by atoms with van der Waals surface area (Å²) >= 11 is 0. The van der Waals surface area contributed by atoms with Gasteiger partial charge in [0.25, 0.3) is 5.91 Å². The SMILES string of the molecule is Cc1cccc(C)c1OCC(=O)OCC(=O)Nc1c(C(C)C)cccc1C(C)C. The van der Waals surface area contributed by atoms with Crippen LogP contribution in [0.4, 0.5) is 5.69 Å². The van der Waals surface area contributed by atoms with Gasteiger partial charge in [-0.2, -0.15) is 0 Å². The fourth-order valence-corrected chi connectivity index (χ4v) is 3.22. The molecule has 0 atom stereocenters. The van der Waals surface area contributed by atoms with Crippen molar-refractivity contribution in [3.63, 3.8) is 0 Å². The summed E-state index contributed by atoms with van der Waals surface area (Å²) in [5.41, 5.74) is 4.83. The lowest BCUT2D eigenvalue weighted by atomic mass is 9.92. The molecule has 0 unspecified atom stereocenters. The zero-order valence-electron chi connectivity index (χ0n) is 18.2. The van der Waals surface area contributed by atoms with Crippen LogP contribution in [0.5, 0.6) is 5.75 Å². The summed E-state index contributed by atoms with van der Waals surface area (Å²) in [6.07, 6.45) is 0. The summed E-state index contributed by atoms with van der Waals surface area (Å²) in [6.45, 7) is 11.6. The minimum Gasteiger partial charge on any atom is -0.481 e. The largest absolute Gasteiger partial charge is 0.481 e. The number of hydrogen-bond donors (Lipinski definition) is 1. The molecule has 0 saturated heterocycles. The highest BCUT2D eigenvalue weighted by molar-refractivity contribution is 5.94. The first-order valence-electron chi connectivity index (χ1n) is 9.98. The Hall–Kier alpha value is -2.82. The molecule has 1 amide bonds. The van der Waals surface area contributed by atoms with Crippen LogP contribution >= 0.6 is 0 Å². The summed E-state index contributed by atoms with van der Waals surface area (Å²) in [4.78, 5) is 24.4. The minimum atomic E-state index is -0.580. The molecule has 0 radical (unpaired) electrons. The highest BCUT2D eigenvalue weighted by Crippen LogP contribution is 2.32. The van der Waals surface area contributed by atoms with Gasteiger partial charge in [0, 0.05) is 5.69 Å². The van der Waals surface area contributed by atoms with Crippen molar-refractivity contribution in [3.8, 4) is 5.75 Å². The Morgan fingerprint density at radius 3 is 1.90 bits per heavy atom. The van der Waals surface area contributed by atoms with Gasteiger partial charge in [-0.05, 0) is 47.9 Å². The van der Waals surface area contributed by atoms with Gasteiger partial charge in [0.1, 0.15) is 5.75 Å². The molecule has 156 valence electrons. The standard InChI is InChI=1S/C24H31NO4/c1-15(2)19-11-8-12-20(16(3)4)23(19)25-21(26)13-28-22(27)14-29-24-17(5)9-7-10-18(24)6/h7-12,15-16H,13-14H2,1-6H3,(H,25,26). The topological polar surface area (TPSA) is 64.6 Å². The monoisotopic (exact) mass is 397 g/mol. The molecule has 0 aromatic heterocycles. The van der Waals surface area contributed by atoms with Crippen LogP contribution in [0.2, 0.25) is 0 Å². The molecule has 0 fully saturated rings. The summed E-state index contributed by atoms with van der Waals surface area (Å²) in [7, 11) is 0. The van der Waals surface area contributed by atoms with Gasteiger partial charge in [0.2, 0.25) is 0 Å². The number of rotatable bonds is 8. The van der Waals surface area contributed by atoms with Gasteiger partial charge in [0.15, 0.2) is 13.2 Å². The predicted octanol–water partition coefficient (Wildman–Crippen LogP) is 5.11. The van der Waals surface area contributed by atoms with Crippen molar-refractivity contribution < 1.29 is 19.1 Å². The number of hydrogen-bond acceptors (Lipinski definition) is 4. The number of carbonyl (C=O) groups is 2. The third-order valence-corrected chi connectivity index (χ3v) is 4.74. The lowest BCUT2D eigenvalue weighted by Crippen LogP contribution is -2.25. The molecule has 0 bridgehead atoms. The molecule has 0 aliphatic heterocycles. The van der Waals surface area contributed by atoms with Gasteiger partial charge in [-0.1, -0.05) is 64.1 Å². The number of amides is 1. The first-order chi connectivity index (χ1) is 13.7. The van der Waals surface area contributed by atoms with E-state index in [1.807, 2.05) is 50.2 Å². The van der Waals surface area contributed by atoms with E-state index >= 15 is 0 Å². The van der Waals surface area contributed by atoms with Gasteiger partial charge in [-0.3, -0.25) is 4.79 Å². The van der Waals surface area contributed by atoms with Crippen LogP contribution in [0.1, 0.15) is 61.8 Å². The second-order valence-electron chi connectivity index (χ2n) is 7.84. The molecule has 2 rings (SSSR count). The fourth-order valence-electron chi connectivity index (χ4n) is 3.22. The normalized spacial score (nSPS) is 10.9. The van der Waals surface area contributed by atoms with Gasteiger partial charge < -0.3 is 14.8 Å². The maximum atomic E-state index is 12.4. The number of para-hydroxylation sites is 2. The molecular formula is C24H31NO4. The molecule has 0 saturated carbocycles. The van der Waals surface area contributed by atoms with Crippen LogP contribution < -0.4 is 10.1 Å². The van der Waals surface area contributed by atoms with Gasteiger partial charge in [-0.25, -0.2) is 4.79 Å². The summed E-state index contributed by atoms with van der Waals surface area (Å²) < 4.78 is 10.7. The summed E-state index contributed by atoms with van der Waals surface area (Å²) in [5.74, 6) is 0.250. The average molecular weight is 398 g/mol. The quantitative estimate of drug-likeness (QED) is 0.629. The van der Waals surface area contributed by atoms with Crippen LogP contribution in [0.15, 0.2) is 36.4 Å². The number of esters is 1. The van der Waals surface area contributed by atoms with Crippen molar-refractivity contribution in [1.82, 2.24) is 0 Å². The molecule has 5 heteroatoms. The number of nitrogens with one attached hydrogen (secondary N) is 1. The molecule has 29 heavy (non-hydrogen) atoms. The van der Waals surface area contributed by atoms with Crippen LogP contribution in [0.25, 0.3) is 0 Å². The molecule has 2 aromatic carbocycles. The van der Waals surface area contributed by atoms with Crippen molar-refractivity contribution in [2.75, 3.05) is 18.5 Å². The minimum absolute atomic E-state index is 0.237. The number of ether oxygens (including phenoxy) is 2. The van der Waals surface area contributed by atoms with Crippen molar-refractivity contribution >= 4 is 17.6 Å². The Morgan fingerprint density at radius 1 is 0.862 bits per heavy atom. The molecule has 0 aliphatic rings. The van der Waals surface area contributed by atoms with E-state index in [0.29, 0.717) is 5.75 Å². The molecule has 0 aliphatic carbocycles. The van der Waals surface area contributed by atoms with E-state index in [4.69, 9.17) is 9.47 Å². The highest BCUT2D eigenvalue weighted by atomic mass is 16.6. The van der Waals surface area contributed by atoms with Crippen molar-refractivity contribution in [3.05, 3.63) is 58.7 Å². The van der Waals surface area contributed by atoms with Crippen LogP contribution in [0, 0.1) is 13.8 Å². The number of benzene rings is 2. The molecular weight excluding hydrogens is 366 g/mol. The van der Waals surface area contributed by atoms with E-state index in [0.717, 1.165) is 27.9 Å². The molecule has 0 heterocycles. The van der Waals surface area contributed by atoms with Crippen LogP contribution in [0.3, 0.4) is 0 Å². The van der Waals surface area contributed by atoms with E-state index < -0.39 is 5.97 Å². The number of aryl methyl sites for hydroxylation is 2. The Labute approximate surface area is 173 Å². The maximum absolute atomic E-state index is 12.4. The van der Waals surface area contributed by atoms with E-state index in [9.17, 15) is 9.59 Å². The average Bonchev–Trinajstić information content (AvgIpc) is 2.65. The molecule has 2 aromatic rings. The number of anilines is 1. The van der Waals surface area contributed by atoms with Crippen LogP contribution in [-0.4, -0.2) is 25.1 Å².